The Morgan fingerprint density at radius 2 is 2.14 bits per heavy atom. The van der Waals surface area contributed by atoms with Crippen LogP contribution in [-0.4, -0.2) is 12.3 Å². The van der Waals surface area contributed by atoms with Gasteiger partial charge >= 0.3 is 5.97 Å². The molecule has 0 fully saturated rings. The van der Waals surface area contributed by atoms with Gasteiger partial charge in [0.1, 0.15) is 5.75 Å². The third-order valence-electron chi connectivity index (χ3n) is 1.64. The van der Waals surface area contributed by atoms with Crippen molar-refractivity contribution in [2.24, 2.45) is 0 Å². The van der Waals surface area contributed by atoms with E-state index < -0.39 is 5.97 Å². The average molecular weight is 213 g/mol. The highest BCUT2D eigenvalue weighted by atomic mass is 35.5. The average Bonchev–Trinajstić information content (AvgIpc) is 2.08. The highest BCUT2D eigenvalue weighted by molar-refractivity contribution is 6.31. The van der Waals surface area contributed by atoms with Gasteiger partial charge in [-0.05, 0) is 24.6 Å². The standard InChI is InChI=1S/C10H9ClO3/c1-6-3-9(11)4-8(5-12)10(6)14-7(2)13/h3-5H,1-2H3. The van der Waals surface area contributed by atoms with E-state index >= 15 is 0 Å². The van der Waals surface area contributed by atoms with Crippen molar-refractivity contribution in [2.75, 3.05) is 0 Å². The lowest BCUT2D eigenvalue weighted by Crippen LogP contribution is -2.05. The van der Waals surface area contributed by atoms with Crippen LogP contribution < -0.4 is 4.74 Å². The molecule has 1 aromatic carbocycles. The first-order valence-corrected chi connectivity index (χ1v) is 4.36. The minimum absolute atomic E-state index is 0.275. The molecule has 14 heavy (non-hydrogen) atoms. The Balaban J connectivity index is 3.24. The number of carbonyl (C=O) groups is 2. The van der Waals surface area contributed by atoms with Gasteiger partial charge < -0.3 is 4.74 Å². The normalized spacial score (nSPS) is 9.64. The number of benzene rings is 1. The molecule has 0 aliphatic carbocycles. The molecule has 0 bridgehead atoms. The van der Waals surface area contributed by atoms with Crippen LogP contribution in [0.5, 0.6) is 5.75 Å². The predicted molar refractivity (Wildman–Crippen MR) is 52.9 cm³/mol. The Morgan fingerprint density at radius 3 is 2.64 bits per heavy atom. The summed E-state index contributed by atoms with van der Waals surface area (Å²) >= 11 is 5.74. The topological polar surface area (TPSA) is 43.4 Å². The van der Waals surface area contributed by atoms with E-state index in [9.17, 15) is 9.59 Å². The summed E-state index contributed by atoms with van der Waals surface area (Å²) in [4.78, 5) is 21.4. The number of halogens is 1. The van der Waals surface area contributed by atoms with Crippen molar-refractivity contribution < 1.29 is 14.3 Å². The van der Waals surface area contributed by atoms with Crippen LogP contribution >= 0.6 is 11.6 Å². The molecule has 3 nitrogen and oxygen atoms in total. The Bertz CT molecular complexity index is 385. The van der Waals surface area contributed by atoms with Crippen LogP contribution in [0.1, 0.15) is 22.8 Å². The first-order chi connectivity index (χ1) is 6.54. The number of ether oxygens (including phenoxy) is 1. The molecule has 0 unspecified atom stereocenters. The minimum Gasteiger partial charge on any atom is -0.426 e. The number of aldehydes is 1. The predicted octanol–water partition coefficient (Wildman–Crippen LogP) is 2.39. The van der Waals surface area contributed by atoms with E-state index in [0.717, 1.165) is 0 Å². The van der Waals surface area contributed by atoms with E-state index in [4.69, 9.17) is 16.3 Å². The second-order valence-corrected chi connectivity index (χ2v) is 3.29. The zero-order chi connectivity index (χ0) is 10.7. The molecule has 0 saturated carbocycles. The number of hydrogen-bond acceptors (Lipinski definition) is 3. The summed E-state index contributed by atoms with van der Waals surface area (Å²) in [5.74, 6) is -0.185. The largest absolute Gasteiger partial charge is 0.426 e. The van der Waals surface area contributed by atoms with Gasteiger partial charge in [-0.15, -0.1) is 0 Å². The van der Waals surface area contributed by atoms with E-state index in [-0.39, 0.29) is 11.3 Å². The molecular formula is C10H9ClO3. The van der Waals surface area contributed by atoms with Gasteiger partial charge in [0, 0.05) is 11.9 Å². The van der Waals surface area contributed by atoms with Crippen LogP contribution in [-0.2, 0) is 4.79 Å². The molecule has 0 N–H and O–H groups in total. The summed E-state index contributed by atoms with van der Waals surface area (Å²) in [7, 11) is 0. The van der Waals surface area contributed by atoms with Gasteiger partial charge in [-0.25, -0.2) is 0 Å². The number of esters is 1. The zero-order valence-corrected chi connectivity index (χ0v) is 8.59. The van der Waals surface area contributed by atoms with Crippen LogP contribution in [0.15, 0.2) is 12.1 Å². The summed E-state index contributed by atoms with van der Waals surface area (Å²) < 4.78 is 4.89. The zero-order valence-electron chi connectivity index (χ0n) is 7.83. The van der Waals surface area contributed by atoms with Crippen LogP contribution in [0.3, 0.4) is 0 Å². The van der Waals surface area contributed by atoms with Crippen molar-refractivity contribution in [1.29, 1.82) is 0 Å². The Morgan fingerprint density at radius 1 is 1.50 bits per heavy atom. The Kier molecular flexibility index (Phi) is 3.25. The fourth-order valence-electron chi connectivity index (χ4n) is 1.13. The molecule has 0 spiro atoms. The Hall–Kier alpha value is -1.35. The van der Waals surface area contributed by atoms with E-state index in [1.165, 1.54) is 13.0 Å². The van der Waals surface area contributed by atoms with Gasteiger partial charge in [0.15, 0.2) is 6.29 Å². The maximum atomic E-state index is 10.7. The first-order valence-electron chi connectivity index (χ1n) is 3.98. The molecule has 0 amide bonds. The molecule has 74 valence electrons. The number of carbonyl (C=O) groups excluding carboxylic acids is 2. The second-order valence-electron chi connectivity index (χ2n) is 2.85. The van der Waals surface area contributed by atoms with Gasteiger partial charge in [0.25, 0.3) is 0 Å². The van der Waals surface area contributed by atoms with Crippen LogP contribution in [0.25, 0.3) is 0 Å². The lowest BCUT2D eigenvalue weighted by atomic mass is 10.1. The summed E-state index contributed by atoms with van der Waals surface area (Å²) in [6.07, 6.45) is 0.608. The van der Waals surface area contributed by atoms with E-state index in [2.05, 4.69) is 0 Å². The van der Waals surface area contributed by atoms with Crippen molar-refractivity contribution in [2.45, 2.75) is 13.8 Å². The number of rotatable bonds is 2. The van der Waals surface area contributed by atoms with Gasteiger partial charge in [-0.3, -0.25) is 9.59 Å². The molecule has 0 atom stereocenters. The maximum absolute atomic E-state index is 10.7. The van der Waals surface area contributed by atoms with E-state index in [0.29, 0.717) is 16.9 Å². The summed E-state index contributed by atoms with van der Waals surface area (Å²) in [6.45, 7) is 3.00. The molecule has 0 saturated heterocycles. The summed E-state index contributed by atoms with van der Waals surface area (Å²) in [6, 6.07) is 3.09. The monoisotopic (exact) mass is 212 g/mol. The quantitative estimate of drug-likeness (QED) is 0.430. The lowest BCUT2D eigenvalue weighted by Gasteiger charge is -2.08. The van der Waals surface area contributed by atoms with Crippen molar-refractivity contribution >= 4 is 23.9 Å². The third-order valence-corrected chi connectivity index (χ3v) is 1.86. The summed E-state index contributed by atoms with van der Waals surface area (Å²) in [5, 5.41) is 0.445. The van der Waals surface area contributed by atoms with Gasteiger partial charge in [-0.2, -0.15) is 0 Å². The minimum atomic E-state index is -0.460. The van der Waals surface area contributed by atoms with Gasteiger partial charge in [0.2, 0.25) is 0 Å². The fourth-order valence-corrected chi connectivity index (χ4v) is 1.41. The highest BCUT2D eigenvalue weighted by Gasteiger charge is 2.10. The fraction of sp³-hybridized carbons (Fsp3) is 0.200. The van der Waals surface area contributed by atoms with Crippen molar-refractivity contribution in [3.8, 4) is 5.75 Å². The first kappa shape index (κ1) is 10.7. The number of aryl methyl sites for hydroxylation is 1. The molecule has 0 heterocycles. The maximum Gasteiger partial charge on any atom is 0.308 e. The summed E-state index contributed by atoms with van der Waals surface area (Å²) in [5.41, 5.74) is 0.944. The third kappa shape index (κ3) is 2.33. The van der Waals surface area contributed by atoms with Crippen LogP contribution in [0.4, 0.5) is 0 Å². The molecule has 1 rings (SSSR count). The smallest absolute Gasteiger partial charge is 0.308 e. The van der Waals surface area contributed by atoms with Crippen LogP contribution in [0.2, 0.25) is 5.02 Å². The number of hydrogen-bond donors (Lipinski definition) is 0. The molecule has 0 aliphatic rings. The molecule has 0 radical (unpaired) electrons. The van der Waals surface area contributed by atoms with E-state index in [1.807, 2.05) is 0 Å². The Labute approximate surface area is 86.6 Å². The van der Waals surface area contributed by atoms with Crippen molar-refractivity contribution in [3.05, 3.63) is 28.3 Å². The van der Waals surface area contributed by atoms with Crippen molar-refractivity contribution in [1.82, 2.24) is 0 Å². The lowest BCUT2D eigenvalue weighted by molar-refractivity contribution is -0.131. The molecule has 4 heteroatoms. The molecule has 1 aromatic rings. The second kappa shape index (κ2) is 4.24. The SMILES string of the molecule is CC(=O)Oc1c(C)cc(Cl)cc1C=O. The van der Waals surface area contributed by atoms with Gasteiger partial charge in [-0.1, -0.05) is 11.6 Å². The van der Waals surface area contributed by atoms with Crippen LogP contribution in [0, 0.1) is 6.92 Å². The van der Waals surface area contributed by atoms with Gasteiger partial charge in [0.05, 0.1) is 5.56 Å². The van der Waals surface area contributed by atoms with E-state index in [1.54, 1.807) is 13.0 Å². The van der Waals surface area contributed by atoms with Crippen molar-refractivity contribution in [3.63, 3.8) is 0 Å². The highest BCUT2D eigenvalue weighted by Crippen LogP contribution is 2.26. The molecular weight excluding hydrogens is 204 g/mol. The molecule has 0 aromatic heterocycles. The molecule has 0 aliphatic heterocycles.